The van der Waals surface area contributed by atoms with E-state index in [2.05, 4.69) is 33.4 Å². The van der Waals surface area contributed by atoms with Crippen molar-refractivity contribution < 1.29 is 14.6 Å². The minimum atomic E-state index is -0.870. The normalized spacial score (nSPS) is 24.5. The number of hydrogen-bond acceptors (Lipinski definition) is 9. The van der Waals surface area contributed by atoms with Crippen LogP contribution < -0.4 is 26.4 Å². The number of aliphatic hydroxyl groups excluding tert-OH is 1. The van der Waals surface area contributed by atoms with Crippen LogP contribution in [0.3, 0.4) is 0 Å². The maximum Gasteiger partial charge on any atom is 0.142 e. The monoisotopic (exact) mass is 467 g/mol. The summed E-state index contributed by atoms with van der Waals surface area (Å²) < 4.78 is 11.5. The minimum Gasteiger partial charge on any atom is -0.492 e. The van der Waals surface area contributed by atoms with Gasteiger partial charge < -0.3 is 30.9 Å². The zero-order valence-corrected chi connectivity index (χ0v) is 19.4. The van der Waals surface area contributed by atoms with Crippen molar-refractivity contribution in [2.75, 3.05) is 43.5 Å². The molecule has 33 heavy (non-hydrogen) atoms. The number of aliphatic hydroxyl groups is 1. The van der Waals surface area contributed by atoms with Crippen molar-refractivity contribution in [2.24, 2.45) is 11.1 Å². The van der Waals surface area contributed by atoms with Gasteiger partial charge in [0.15, 0.2) is 0 Å². The van der Waals surface area contributed by atoms with Crippen LogP contribution in [0.25, 0.3) is 10.2 Å². The standard InChI is InChI=1S/C24H29N5O3S/c1-13-2-5-17-20(26)21(33-23(17)27-13)22(30)28-15-6-14-3-4-16(7-18(14)32-9-15)29-8-19(25)24(10-29)11-31-12-24/h2-5,7,15,19,22,28,30H,6,8-12,25-26H2,1H3/t15-,19+,22?/m1/s1. The Bertz CT molecular complexity index is 1210. The molecule has 3 atom stereocenters. The van der Waals surface area contributed by atoms with Gasteiger partial charge in [0, 0.05) is 48.0 Å². The molecule has 6 N–H and O–H groups in total. The van der Waals surface area contributed by atoms with Gasteiger partial charge in [0.25, 0.3) is 0 Å². The summed E-state index contributed by atoms with van der Waals surface area (Å²) in [5.41, 5.74) is 16.6. The van der Waals surface area contributed by atoms with E-state index < -0.39 is 6.23 Å². The lowest BCUT2D eigenvalue weighted by Gasteiger charge is -2.40. The van der Waals surface area contributed by atoms with Crippen molar-refractivity contribution in [3.05, 3.63) is 46.5 Å². The Morgan fingerprint density at radius 2 is 2.15 bits per heavy atom. The molecule has 2 fully saturated rings. The quantitative estimate of drug-likeness (QED) is 0.430. The average Bonchev–Trinajstić information content (AvgIpc) is 3.30. The smallest absolute Gasteiger partial charge is 0.142 e. The van der Waals surface area contributed by atoms with E-state index in [0.29, 0.717) is 17.2 Å². The van der Waals surface area contributed by atoms with Gasteiger partial charge in [-0.1, -0.05) is 6.07 Å². The van der Waals surface area contributed by atoms with Gasteiger partial charge in [-0.15, -0.1) is 11.3 Å². The summed E-state index contributed by atoms with van der Waals surface area (Å²) in [7, 11) is 0. The number of nitrogens with one attached hydrogen (secondary N) is 1. The van der Waals surface area contributed by atoms with E-state index in [-0.39, 0.29) is 17.5 Å². The second-order valence-corrected chi connectivity index (χ2v) is 10.6. The van der Waals surface area contributed by atoms with Crippen LogP contribution in [0.4, 0.5) is 11.4 Å². The topological polar surface area (TPSA) is 119 Å². The number of benzene rings is 1. The number of aromatic nitrogens is 1. The fraction of sp³-hybridized carbons (Fsp3) is 0.458. The Morgan fingerprint density at radius 1 is 1.30 bits per heavy atom. The lowest BCUT2D eigenvalue weighted by atomic mass is 9.82. The summed E-state index contributed by atoms with van der Waals surface area (Å²) in [4.78, 5) is 8.42. The van der Waals surface area contributed by atoms with E-state index in [0.717, 1.165) is 65.6 Å². The number of anilines is 2. The second-order valence-electron chi connectivity index (χ2n) is 9.60. The molecule has 0 amide bonds. The summed E-state index contributed by atoms with van der Waals surface area (Å²) in [5.74, 6) is 0.903. The molecule has 174 valence electrons. The molecule has 3 aliphatic heterocycles. The number of fused-ring (bicyclic) bond motifs is 2. The lowest BCUT2D eigenvalue weighted by Crippen LogP contribution is -2.54. The molecule has 0 saturated carbocycles. The first-order valence-corrected chi connectivity index (χ1v) is 12.2. The van der Waals surface area contributed by atoms with Gasteiger partial charge in [-0.2, -0.15) is 0 Å². The van der Waals surface area contributed by atoms with Crippen molar-refractivity contribution in [3.8, 4) is 5.75 Å². The molecule has 3 aromatic rings. The molecule has 0 radical (unpaired) electrons. The van der Waals surface area contributed by atoms with Gasteiger partial charge in [-0.3, -0.25) is 5.32 Å². The van der Waals surface area contributed by atoms with E-state index in [1.54, 1.807) is 0 Å². The summed E-state index contributed by atoms with van der Waals surface area (Å²) in [6.45, 7) is 5.69. The third-order valence-electron chi connectivity index (χ3n) is 7.21. The fourth-order valence-corrected chi connectivity index (χ4v) is 6.22. The second kappa shape index (κ2) is 7.82. The van der Waals surface area contributed by atoms with Crippen LogP contribution >= 0.6 is 11.3 Å². The number of pyridine rings is 1. The van der Waals surface area contributed by atoms with Crippen LogP contribution in [0, 0.1) is 12.3 Å². The molecule has 0 aliphatic carbocycles. The number of aryl methyl sites for hydroxylation is 1. The molecule has 1 unspecified atom stereocenters. The number of ether oxygens (including phenoxy) is 2. The Morgan fingerprint density at radius 3 is 2.91 bits per heavy atom. The number of nitrogens with two attached hydrogens (primary N) is 2. The Labute approximate surface area is 196 Å². The molecule has 5 heterocycles. The van der Waals surface area contributed by atoms with Gasteiger partial charge >= 0.3 is 0 Å². The van der Waals surface area contributed by atoms with Gasteiger partial charge in [-0.25, -0.2) is 4.98 Å². The first-order valence-electron chi connectivity index (χ1n) is 11.4. The third-order valence-corrected chi connectivity index (χ3v) is 8.38. The first-order chi connectivity index (χ1) is 15.9. The molecular formula is C24H29N5O3S. The van der Waals surface area contributed by atoms with Gasteiger partial charge in [0.2, 0.25) is 0 Å². The minimum absolute atomic E-state index is 0.0201. The average molecular weight is 468 g/mol. The van der Waals surface area contributed by atoms with Crippen LogP contribution in [0.2, 0.25) is 0 Å². The highest BCUT2D eigenvalue weighted by atomic mass is 32.1. The summed E-state index contributed by atoms with van der Waals surface area (Å²) in [6.07, 6.45) is -0.0996. The number of nitrogens with zero attached hydrogens (tertiary/aromatic N) is 2. The highest BCUT2D eigenvalue weighted by Crippen LogP contribution is 2.41. The zero-order valence-electron chi connectivity index (χ0n) is 18.6. The maximum atomic E-state index is 10.9. The Kier molecular flexibility index (Phi) is 5.00. The number of hydrogen-bond donors (Lipinski definition) is 4. The number of thiophene rings is 1. The summed E-state index contributed by atoms with van der Waals surface area (Å²) in [6, 6.07) is 10.4. The fourth-order valence-electron chi connectivity index (χ4n) is 5.13. The van der Waals surface area contributed by atoms with Crippen LogP contribution in [0.15, 0.2) is 30.3 Å². The van der Waals surface area contributed by atoms with Crippen molar-refractivity contribution in [1.29, 1.82) is 0 Å². The van der Waals surface area contributed by atoms with Crippen molar-refractivity contribution in [2.45, 2.75) is 31.7 Å². The third kappa shape index (κ3) is 3.55. The number of rotatable bonds is 4. The highest BCUT2D eigenvalue weighted by Gasteiger charge is 2.50. The Hall–Kier alpha value is -2.43. The van der Waals surface area contributed by atoms with Crippen LogP contribution in [-0.2, 0) is 11.2 Å². The van der Waals surface area contributed by atoms with Crippen molar-refractivity contribution in [3.63, 3.8) is 0 Å². The van der Waals surface area contributed by atoms with E-state index in [4.69, 9.17) is 20.9 Å². The molecule has 1 spiro atoms. The highest BCUT2D eigenvalue weighted by molar-refractivity contribution is 7.19. The lowest BCUT2D eigenvalue weighted by molar-refractivity contribution is -0.106. The van der Waals surface area contributed by atoms with Crippen LogP contribution in [0.5, 0.6) is 5.75 Å². The molecule has 0 bridgehead atoms. The maximum absolute atomic E-state index is 10.9. The van der Waals surface area contributed by atoms with E-state index in [1.165, 1.54) is 11.3 Å². The predicted molar refractivity (Wildman–Crippen MR) is 130 cm³/mol. The van der Waals surface area contributed by atoms with Crippen molar-refractivity contribution in [1.82, 2.24) is 10.3 Å². The SMILES string of the molecule is Cc1ccc2c(N)c(C(O)N[C@H]3COc4cc(N5C[C@H](N)C6(COC6)C5)ccc4C3)sc2n1. The molecular weight excluding hydrogens is 438 g/mol. The number of nitrogen functional groups attached to an aromatic ring is 1. The van der Waals surface area contributed by atoms with Gasteiger partial charge in [0.05, 0.1) is 29.2 Å². The van der Waals surface area contributed by atoms with E-state index >= 15 is 0 Å². The molecule has 6 rings (SSSR count). The van der Waals surface area contributed by atoms with E-state index in [1.807, 2.05) is 19.1 Å². The first kappa shape index (κ1) is 21.1. The summed E-state index contributed by atoms with van der Waals surface area (Å²) >= 11 is 1.43. The van der Waals surface area contributed by atoms with Crippen LogP contribution in [-0.4, -0.2) is 55.1 Å². The van der Waals surface area contributed by atoms with E-state index in [9.17, 15) is 5.11 Å². The molecule has 9 heteroatoms. The van der Waals surface area contributed by atoms with Gasteiger partial charge in [0.1, 0.15) is 23.4 Å². The van der Waals surface area contributed by atoms with Crippen LogP contribution in [0.1, 0.15) is 22.4 Å². The van der Waals surface area contributed by atoms with Crippen molar-refractivity contribution >= 4 is 32.9 Å². The molecule has 1 aromatic carbocycles. The molecule has 2 saturated heterocycles. The predicted octanol–water partition coefficient (Wildman–Crippen LogP) is 1.94. The molecule has 3 aliphatic rings. The molecule has 8 nitrogen and oxygen atoms in total. The Balaban J connectivity index is 1.15. The van der Waals surface area contributed by atoms with Gasteiger partial charge in [-0.05, 0) is 37.1 Å². The zero-order chi connectivity index (χ0) is 22.7. The summed E-state index contributed by atoms with van der Waals surface area (Å²) in [5, 5.41) is 15.0. The molecule has 2 aromatic heterocycles. The largest absolute Gasteiger partial charge is 0.492 e.